The molecule has 0 amide bonds. The van der Waals surface area contributed by atoms with Crippen LogP contribution in [0.5, 0.6) is 0 Å². The molecule has 0 aliphatic rings. The van der Waals surface area contributed by atoms with Crippen LogP contribution in [-0.4, -0.2) is 14.8 Å². The molecule has 0 spiro atoms. The minimum absolute atomic E-state index is 0.106. The van der Waals surface area contributed by atoms with Gasteiger partial charge in [-0.3, -0.25) is 0 Å². The van der Waals surface area contributed by atoms with Gasteiger partial charge in [0.25, 0.3) is 0 Å². The molecule has 4 nitrogen and oxygen atoms in total. The van der Waals surface area contributed by atoms with E-state index in [1.165, 1.54) is 17.7 Å². The molecule has 0 saturated carbocycles. The summed E-state index contributed by atoms with van der Waals surface area (Å²) in [5, 5.41) is 4.54. The van der Waals surface area contributed by atoms with Crippen LogP contribution in [0.4, 0.5) is 19.0 Å². The fourth-order valence-electron chi connectivity index (χ4n) is 2.50. The van der Waals surface area contributed by atoms with Gasteiger partial charge in [0, 0.05) is 10.7 Å². The smallest absolute Gasteiger partial charge is 0.383 e. The van der Waals surface area contributed by atoms with E-state index >= 15 is 0 Å². The van der Waals surface area contributed by atoms with Crippen LogP contribution >= 0.6 is 11.6 Å². The summed E-state index contributed by atoms with van der Waals surface area (Å²) in [7, 11) is 0. The topological polar surface area (TPSA) is 56.7 Å². The van der Waals surface area contributed by atoms with Gasteiger partial charge in [0.05, 0.1) is 16.6 Å². The van der Waals surface area contributed by atoms with Crippen molar-refractivity contribution in [2.75, 3.05) is 5.73 Å². The fourth-order valence-corrected chi connectivity index (χ4v) is 2.73. The summed E-state index contributed by atoms with van der Waals surface area (Å²) in [6.45, 7) is 3.26. The molecule has 0 fully saturated rings. The third-order valence-electron chi connectivity index (χ3n) is 3.47. The third-order valence-corrected chi connectivity index (χ3v) is 3.71. The van der Waals surface area contributed by atoms with Crippen molar-refractivity contribution in [1.82, 2.24) is 14.8 Å². The first-order valence-electron chi connectivity index (χ1n) is 6.68. The lowest BCUT2D eigenvalue weighted by Crippen LogP contribution is -2.10. The Hall–Kier alpha value is -2.28. The number of halogens is 4. The minimum Gasteiger partial charge on any atom is -0.383 e. The number of pyridine rings is 1. The molecule has 0 atom stereocenters. The van der Waals surface area contributed by atoms with Crippen LogP contribution in [0.1, 0.15) is 17.0 Å². The number of nitrogens with zero attached hydrogens (tertiary/aromatic N) is 3. The molecule has 0 unspecified atom stereocenters. The zero-order valence-electron chi connectivity index (χ0n) is 12.2. The van der Waals surface area contributed by atoms with Crippen LogP contribution in [0.2, 0.25) is 5.02 Å². The number of anilines is 1. The first kappa shape index (κ1) is 15.6. The first-order chi connectivity index (χ1) is 10.7. The number of aryl methyl sites for hydroxylation is 2. The van der Waals surface area contributed by atoms with Gasteiger partial charge in [-0.25, -0.2) is 9.67 Å². The Balaban J connectivity index is 2.35. The largest absolute Gasteiger partial charge is 0.434 e. The molecule has 3 aromatic rings. The van der Waals surface area contributed by atoms with E-state index in [1.54, 1.807) is 25.1 Å². The van der Waals surface area contributed by atoms with Crippen molar-refractivity contribution < 1.29 is 13.2 Å². The number of hydrogen-bond acceptors (Lipinski definition) is 3. The predicted octanol–water partition coefficient (Wildman–Crippen LogP) is 4.29. The number of fused-ring (bicyclic) bond motifs is 1. The van der Waals surface area contributed by atoms with Crippen molar-refractivity contribution in [3.8, 4) is 5.69 Å². The van der Waals surface area contributed by atoms with Crippen LogP contribution < -0.4 is 5.73 Å². The van der Waals surface area contributed by atoms with Gasteiger partial charge < -0.3 is 5.73 Å². The zero-order valence-corrected chi connectivity index (χ0v) is 13.0. The highest BCUT2D eigenvalue weighted by Crippen LogP contribution is 2.37. The second kappa shape index (κ2) is 5.13. The number of nitrogen functional groups attached to an aromatic ring is 1. The summed E-state index contributed by atoms with van der Waals surface area (Å²) < 4.78 is 41.0. The average molecular weight is 341 g/mol. The molecule has 0 saturated heterocycles. The van der Waals surface area contributed by atoms with Crippen molar-refractivity contribution in [1.29, 1.82) is 0 Å². The zero-order chi connectivity index (χ0) is 16.9. The Labute approximate surface area is 134 Å². The van der Waals surface area contributed by atoms with Crippen LogP contribution in [0.15, 0.2) is 24.3 Å². The summed E-state index contributed by atoms with van der Waals surface area (Å²) in [5.41, 5.74) is 6.61. The SMILES string of the molecule is Cc1cc2nn(-c3ccc(Cl)cc3C)c(N)c2c(C(F)(F)F)n1. The van der Waals surface area contributed by atoms with Gasteiger partial charge in [0.1, 0.15) is 5.82 Å². The lowest BCUT2D eigenvalue weighted by molar-refractivity contribution is -0.139. The van der Waals surface area contributed by atoms with E-state index in [9.17, 15) is 13.2 Å². The summed E-state index contributed by atoms with van der Waals surface area (Å²) in [5.74, 6) is -0.106. The molecule has 2 heterocycles. The molecule has 8 heteroatoms. The molecule has 23 heavy (non-hydrogen) atoms. The van der Waals surface area contributed by atoms with Gasteiger partial charge >= 0.3 is 6.18 Å². The standard InChI is InChI=1S/C15H12ClF3N4/c1-7-5-9(16)3-4-11(7)23-14(20)12-10(22-23)6-8(2)21-13(12)15(17,18)19/h3-6H,20H2,1-2H3. The third kappa shape index (κ3) is 2.61. The van der Waals surface area contributed by atoms with Crippen LogP contribution in [-0.2, 0) is 6.18 Å². The first-order valence-corrected chi connectivity index (χ1v) is 7.06. The van der Waals surface area contributed by atoms with E-state index in [0.29, 0.717) is 10.7 Å². The number of alkyl halides is 3. The normalized spacial score (nSPS) is 12.1. The van der Waals surface area contributed by atoms with Gasteiger partial charge in [-0.15, -0.1) is 0 Å². The average Bonchev–Trinajstić information content (AvgIpc) is 2.74. The van der Waals surface area contributed by atoms with Gasteiger partial charge in [-0.2, -0.15) is 18.3 Å². The molecule has 120 valence electrons. The van der Waals surface area contributed by atoms with Gasteiger partial charge in [0.15, 0.2) is 5.69 Å². The Morgan fingerprint density at radius 2 is 1.87 bits per heavy atom. The van der Waals surface area contributed by atoms with Crippen molar-refractivity contribution in [3.05, 3.63) is 46.2 Å². The molecule has 3 rings (SSSR count). The highest BCUT2D eigenvalue weighted by Gasteiger charge is 2.37. The summed E-state index contributed by atoms with van der Waals surface area (Å²) in [4.78, 5) is 3.60. The molecule has 2 aromatic heterocycles. The van der Waals surface area contributed by atoms with E-state index in [2.05, 4.69) is 10.1 Å². The number of nitrogens with two attached hydrogens (primary N) is 1. The van der Waals surface area contributed by atoms with E-state index in [-0.39, 0.29) is 22.4 Å². The molecule has 0 radical (unpaired) electrons. The molecule has 0 bridgehead atoms. The van der Waals surface area contributed by atoms with Crippen LogP contribution in [0.3, 0.4) is 0 Å². The summed E-state index contributed by atoms with van der Waals surface area (Å²) in [6.07, 6.45) is -4.61. The highest BCUT2D eigenvalue weighted by atomic mass is 35.5. The Bertz CT molecular complexity index is 915. The van der Waals surface area contributed by atoms with Crippen molar-refractivity contribution >= 4 is 28.3 Å². The second-order valence-corrected chi connectivity index (χ2v) is 5.67. The monoisotopic (exact) mass is 340 g/mol. The molecule has 1 aromatic carbocycles. The minimum atomic E-state index is -4.61. The predicted molar refractivity (Wildman–Crippen MR) is 82.8 cm³/mol. The van der Waals surface area contributed by atoms with Crippen molar-refractivity contribution in [2.24, 2.45) is 0 Å². The van der Waals surface area contributed by atoms with Crippen molar-refractivity contribution in [2.45, 2.75) is 20.0 Å². The lowest BCUT2D eigenvalue weighted by Gasteiger charge is -2.09. The van der Waals surface area contributed by atoms with E-state index in [4.69, 9.17) is 17.3 Å². The number of hydrogen-bond donors (Lipinski definition) is 1. The Kier molecular flexibility index (Phi) is 3.48. The molecular weight excluding hydrogens is 329 g/mol. The summed E-state index contributed by atoms with van der Waals surface area (Å²) in [6, 6.07) is 6.46. The molecular formula is C15H12ClF3N4. The van der Waals surface area contributed by atoms with E-state index in [0.717, 1.165) is 5.56 Å². The number of benzene rings is 1. The lowest BCUT2D eigenvalue weighted by atomic mass is 10.2. The fraction of sp³-hybridized carbons (Fsp3) is 0.200. The second-order valence-electron chi connectivity index (χ2n) is 5.23. The summed E-state index contributed by atoms with van der Waals surface area (Å²) >= 11 is 5.91. The van der Waals surface area contributed by atoms with Crippen molar-refractivity contribution in [3.63, 3.8) is 0 Å². The Morgan fingerprint density at radius 3 is 2.48 bits per heavy atom. The van der Waals surface area contributed by atoms with Crippen LogP contribution in [0, 0.1) is 13.8 Å². The van der Waals surface area contributed by atoms with Gasteiger partial charge in [0.2, 0.25) is 0 Å². The van der Waals surface area contributed by atoms with Gasteiger partial charge in [-0.05, 0) is 43.7 Å². The van der Waals surface area contributed by atoms with E-state index < -0.39 is 11.9 Å². The highest BCUT2D eigenvalue weighted by molar-refractivity contribution is 6.30. The molecule has 0 aliphatic carbocycles. The quantitative estimate of drug-likeness (QED) is 0.719. The van der Waals surface area contributed by atoms with Gasteiger partial charge in [-0.1, -0.05) is 11.6 Å². The van der Waals surface area contributed by atoms with Crippen LogP contribution in [0.25, 0.3) is 16.6 Å². The van der Waals surface area contributed by atoms with E-state index in [1.807, 2.05) is 0 Å². The number of aromatic nitrogens is 3. The maximum atomic E-state index is 13.2. The molecule has 2 N–H and O–H groups in total. The molecule has 0 aliphatic heterocycles. The maximum absolute atomic E-state index is 13.2. The number of rotatable bonds is 1. The Morgan fingerprint density at radius 1 is 1.17 bits per heavy atom. The maximum Gasteiger partial charge on any atom is 0.434 e.